The van der Waals surface area contributed by atoms with Gasteiger partial charge in [-0.05, 0) is 67.6 Å². The lowest BCUT2D eigenvalue weighted by molar-refractivity contribution is -0.129. The highest BCUT2D eigenvalue weighted by Gasteiger charge is 2.11. The lowest BCUT2D eigenvalue weighted by Crippen LogP contribution is -2.24. The van der Waals surface area contributed by atoms with Crippen molar-refractivity contribution < 1.29 is 19.5 Å². The van der Waals surface area contributed by atoms with Gasteiger partial charge in [0, 0.05) is 35.1 Å². The van der Waals surface area contributed by atoms with Crippen LogP contribution in [0.5, 0.6) is 5.75 Å². The van der Waals surface area contributed by atoms with Gasteiger partial charge in [0.15, 0.2) is 0 Å². The molecule has 1 aromatic heterocycles. The van der Waals surface area contributed by atoms with E-state index < -0.39 is 0 Å². The van der Waals surface area contributed by atoms with Crippen LogP contribution in [0.15, 0.2) is 42.5 Å². The number of aromatic nitrogens is 1. The molecule has 0 bridgehead atoms. The molecule has 0 atom stereocenters. The van der Waals surface area contributed by atoms with Crippen LogP contribution >= 0.6 is 0 Å². The molecule has 3 rings (SSSR count). The quantitative estimate of drug-likeness (QED) is 0.204. The Hall–Kier alpha value is -3.32. The number of hydrogen-bond donors (Lipinski definition) is 4. The second-order valence-corrected chi connectivity index (χ2v) is 7.97. The van der Waals surface area contributed by atoms with E-state index >= 15 is 0 Å². The van der Waals surface area contributed by atoms with Crippen molar-refractivity contribution in [1.82, 2.24) is 15.8 Å². The standard InChI is InChI=1S/C25H31N3O4/c1-17-21(22-16-20(32-2)12-13-23(22)27-17)15-18-8-10-19(11-9-18)25(30)26-14-6-4-3-5-7-24(29)28-31/h8-13,16,27,31H,3-7,14-15H2,1-2H3,(H,26,30)(H,28,29). The Balaban J connectivity index is 1.50. The third kappa shape index (κ3) is 6.11. The summed E-state index contributed by atoms with van der Waals surface area (Å²) in [6.07, 6.45) is 4.48. The van der Waals surface area contributed by atoms with Crippen LogP contribution in [0.2, 0.25) is 0 Å². The van der Waals surface area contributed by atoms with Gasteiger partial charge in [-0.2, -0.15) is 0 Å². The molecule has 0 fully saturated rings. The molecule has 0 unspecified atom stereocenters. The van der Waals surface area contributed by atoms with Gasteiger partial charge in [-0.25, -0.2) is 5.48 Å². The fraction of sp³-hybridized carbons (Fsp3) is 0.360. The number of fused-ring (bicyclic) bond motifs is 1. The van der Waals surface area contributed by atoms with Crippen LogP contribution in [0.25, 0.3) is 10.9 Å². The van der Waals surface area contributed by atoms with Crippen molar-refractivity contribution in [3.8, 4) is 5.75 Å². The van der Waals surface area contributed by atoms with Gasteiger partial charge in [0.25, 0.3) is 5.91 Å². The summed E-state index contributed by atoms with van der Waals surface area (Å²) in [4.78, 5) is 26.7. The molecule has 0 saturated heterocycles. The van der Waals surface area contributed by atoms with Crippen LogP contribution in [0.4, 0.5) is 0 Å². The van der Waals surface area contributed by atoms with Gasteiger partial charge in [-0.15, -0.1) is 0 Å². The number of ether oxygens (including phenoxy) is 1. The van der Waals surface area contributed by atoms with Gasteiger partial charge in [0.1, 0.15) is 5.75 Å². The molecule has 3 aromatic rings. The third-order valence-electron chi connectivity index (χ3n) is 5.66. The number of rotatable bonds is 11. The average Bonchev–Trinajstić information content (AvgIpc) is 3.12. The number of benzene rings is 2. The van der Waals surface area contributed by atoms with Gasteiger partial charge >= 0.3 is 0 Å². The average molecular weight is 438 g/mol. The molecule has 4 N–H and O–H groups in total. The molecule has 1 heterocycles. The molecular weight excluding hydrogens is 406 g/mol. The maximum Gasteiger partial charge on any atom is 0.251 e. The maximum atomic E-state index is 12.4. The molecule has 32 heavy (non-hydrogen) atoms. The first kappa shape index (κ1) is 23.3. The molecule has 170 valence electrons. The number of hydroxylamine groups is 1. The van der Waals surface area contributed by atoms with Gasteiger partial charge in [-0.1, -0.05) is 25.0 Å². The summed E-state index contributed by atoms with van der Waals surface area (Å²) in [5, 5.41) is 12.5. The van der Waals surface area contributed by atoms with Crippen LogP contribution in [0, 0.1) is 6.92 Å². The van der Waals surface area contributed by atoms with Gasteiger partial charge in [-0.3, -0.25) is 14.8 Å². The Morgan fingerprint density at radius 1 is 1.03 bits per heavy atom. The van der Waals surface area contributed by atoms with Crippen molar-refractivity contribution in [2.75, 3.05) is 13.7 Å². The largest absolute Gasteiger partial charge is 0.497 e. The summed E-state index contributed by atoms with van der Waals surface area (Å²) in [5.74, 6) is 0.394. The van der Waals surface area contributed by atoms with Gasteiger partial charge in [0.2, 0.25) is 5.91 Å². The number of aromatic amines is 1. The molecule has 7 heteroatoms. The number of nitrogens with one attached hydrogen (secondary N) is 3. The van der Waals surface area contributed by atoms with Gasteiger partial charge in [0.05, 0.1) is 7.11 Å². The Labute approximate surface area is 188 Å². The Morgan fingerprint density at radius 3 is 2.50 bits per heavy atom. The molecule has 0 spiro atoms. The smallest absolute Gasteiger partial charge is 0.251 e. The van der Waals surface area contributed by atoms with E-state index in [-0.39, 0.29) is 11.8 Å². The number of aryl methyl sites for hydroxylation is 1. The predicted molar refractivity (Wildman–Crippen MR) is 124 cm³/mol. The van der Waals surface area contributed by atoms with Crippen LogP contribution in [0.3, 0.4) is 0 Å². The summed E-state index contributed by atoms with van der Waals surface area (Å²) < 4.78 is 5.37. The van der Waals surface area contributed by atoms with E-state index in [1.54, 1.807) is 12.6 Å². The minimum Gasteiger partial charge on any atom is -0.497 e. The number of hydrogen-bond acceptors (Lipinski definition) is 4. The van der Waals surface area contributed by atoms with Crippen molar-refractivity contribution in [2.45, 2.75) is 45.4 Å². The SMILES string of the molecule is COc1ccc2[nH]c(C)c(Cc3ccc(C(=O)NCCCCCCC(=O)NO)cc3)c2c1. The highest BCUT2D eigenvalue weighted by atomic mass is 16.5. The highest BCUT2D eigenvalue weighted by Crippen LogP contribution is 2.28. The fourth-order valence-electron chi connectivity index (χ4n) is 3.82. The van der Waals surface area contributed by atoms with Crippen LogP contribution in [-0.2, 0) is 11.2 Å². The van der Waals surface area contributed by atoms with Crippen molar-refractivity contribution >= 4 is 22.7 Å². The molecule has 0 saturated carbocycles. The van der Waals surface area contributed by atoms with E-state index in [1.807, 2.05) is 36.4 Å². The Bertz CT molecular complexity index is 1060. The zero-order valence-electron chi connectivity index (χ0n) is 18.7. The first-order chi connectivity index (χ1) is 15.5. The molecule has 0 aliphatic rings. The fourth-order valence-corrected chi connectivity index (χ4v) is 3.82. The number of carbonyl (C=O) groups is 2. The van der Waals surface area contributed by atoms with Crippen molar-refractivity contribution in [1.29, 1.82) is 0 Å². The Kier molecular flexibility index (Phi) is 8.27. The van der Waals surface area contributed by atoms with E-state index in [2.05, 4.69) is 23.3 Å². The number of unbranched alkanes of at least 4 members (excludes halogenated alkanes) is 3. The second-order valence-electron chi connectivity index (χ2n) is 7.97. The van der Waals surface area contributed by atoms with E-state index in [0.29, 0.717) is 18.5 Å². The third-order valence-corrected chi connectivity index (χ3v) is 5.66. The minimum atomic E-state index is -0.360. The molecule has 2 aromatic carbocycles. The lowest BCUT2D eigenvalue weighted by Gasteiger charge is -2.07. The van der Waals surface area contributed by atoms with E-state index in [9.17, 15) is 9.59 Å². The summed E-state index contributed by atoms with van der Waals surface area (Å²) >= 11 is 0. The number of amides is 2. The normalized spacial score (nSPS) is 10.8. The van der Waals surface area contributed by atoms with Crippen molar-refractivity contribution in [2.24, 2.45) is 0 Å². The molecule has 7 nitrogen and oxygen atoms in total. The predicted octanol–water partition coefficient (Wildman–Crippen LogP) is 4.26. The summed E-state index contributed by atoms with van der Waals surface area (Å²) in [7, 11) is 1.67. The zero-order chi connectivity index (χ0) is 22.9. The number of methoxy groups -OCH3 is 1. The zero-order valence-corrected chi connectivity index (χ0v) is 18.7. The first-order valence-corrected chi connectivity index (χ1v) is 11.0. The lowest BCUT2D eigenvalue weighted by atomic mass is 10.0. The Morgan fingerprint density at radius 2 is 1.78 bits per heavy atom. The first-order valence-electron chi connectivity index (χ1n) is 11.0. The summed E-state index contributed by atoms with van der Waals surface area (Å²) in [6, 6.07) is 13.8. The molecule has 0 radical (unpaired) electrons. The molecule has 0 aliphatic heterocycles. The van der Waals surface area contributed by atoms with Crippen LogP contribution in [0.1, 0.15) is 59.3 Å². The van der Waals surface area contributed by atoms with E-state index in [0.717, 1.165) is 60.0 Å². The number of H-pyrrole nitrogens is 1. The topological polar surface area (TPSA) is 103 Å². The van der Waals surface area contributed by atoms with E-state index in [1.165, 1.54) is 5.56 Å². The van der Waals surface area contributed by atoms with Crippen LogP contribution in [-0.4, -0.2) is 35.7 Å². The second kappa shape index (κ2) is 11.3. The summed E-state index contributed by atoms with van der Waals surface area (Å²) in [6.45, 7) is 2.67. The maximum absolute atomic E-state index is 12.4. The highest BCUT2D eigenvalue weighted by molar-refractivity contribution is 5.94. The number of carbonyl (C=O) groups excluding carboxylic acids is 2. The monoisotopic (exact) mass is 437 g/mol. The van der Waals surface area contributed by atoms with Gasteiger partial charge < -0.3 is 15.0 Å². The van der Waals surface area contributed by atoms with Crippen molar-refractivity contribution in [3.63, 3.8) is 0 Å². The molecule has 0 aliphatic carbocycles. The molecule has 2 amide bonds. The summed E-state index contributed by atoms with van der Waals surface area (Å²) in [5.41, 5.74) is 6.86. The van der Waals surface area contributed by atoms with Crippen LogP contribution < -0.4 is 15.5 Å². The van der Waals surface area contributed by atoms with Crippen molar-refractivity contribution in [3.05, 3.63) is 64.8 Å². The minimum absolute atomic E-state index is 0.0794. The molecular formula is C25H31N3O4. The van der Waals surface area contributed by atoms with E-state index in [4.69, 9.17) is 9.94 Å².